The molecule has 164 valence electrons. The minimum atomic E-state index is -1.30. The Morgan fingerprint density at radius 3 is 2.00 bits per heavy atom. The topological polar surface area (TPSA) is 25.8 Å². The first-order chi connectivity index (χ1) is 15.7. The summed E-state index contributed by atoms with van der Waals surface area (Å²) in [5, 5.41) is 4.97. The highest BCUT2D eigenvalue weighted by Gasteiger charge is 2.17. The number of aromatic nitrogens is 2. The van der Waals surface area contributed by atoms with Crippen molar-refractivity contribution in [3.8, 4) is 22.4 Å². The van der Waals surface area contributed by atoms with E-state index in [0.717, 1.165) is 22.2 Å². The van der Waals surface area contributed by atoms with Gasteiger partial charge in [0, 0.05) is 28.7 Å². The second kappa shape index (κ2) is 7.93. The third kappa shape index (κ3) is 3.87. The summed E-state index contributed by atoms with van der Waals surface area (Å²) in [6.07, 6.45) is 3.93. The Morgan fingerprint density at radius 1 is 0.636 bits per heavy atom. The lowest BCUT2D eigenvalue weighted by Crippen LogP contribution is -2.37. The molecule has 0 aliphatic rings. The van der Waals surface area contributed by atoms with Crippen molar-refractivity contribution >= 4 is 34.9 Å². The van der Waals surface area contributed by atoms with E-state index in [4.69, 9.17) is 9.97 Å². The number of benzene rings is 3. The molecule has 0 aliphatic carbocycles. The fourth-order valence-electron chi connectivity index (χ4n) is 4.86. The van der Waals surface area contributed by atoms with Crippen LogP contribution >= 0.6 is 0 Å². The first-order valence-corrected chi connectivity index (χ1v) is 15.1. The highest BCUT2D eigenvalue weighted by Crippen LogP contribution is 2.35. The molecule has 0 aliphatic heterocycles. The molecule has 5 aromatic rings. The second-order valence-corrected chi connectivity index (χ2v) is 15.3. The van der Waals surface area contributed by atoms with Crippen LogP contribution in [0.15, 0.2) is 73.1 Å². The van der Waals surface area contributed by atoms with Gasteiger partial charge in [0.1, 0.15) is 0 Å². The zero-order valence-electron chi connectivity index (χ0n) is 20.3. The van der Waals surface area contributed by atoms with Crippen molar-refractivity contribution < 1.29 is 0 Å². The van der Waals surface area contributed by atoms with E-state index in [9.17, 15) is 0 Å². The number of rotatable bonds is 3. The molecule has 0 atom stereocenters. The molecule has 3 aromatic carbocycles. The summed E-state index contributed by atoms with van der Waals surface area (Å²) < 4.78 is 0. The predicted octanol–water partition coefficient (Wildman–Crippen LogP) is 7.59. The minimum absolute atomic E-state index is 0.998. The molecular weight excluding hydrogens is 416 g/mol. The molecule has 2 nitrogen and oxygen atoms in total. The van der Waals surface area contributed by atoms with Gasteiger partial charge in [-0.3, -0.25) is 9.97 Å². The van der Waals surface area contributed by atoms with Crippen molar-refractivity contribution in [3.63, 3.8) is 0 Å². The Bertz CT molecular complexity index is 1490. The highest BCUT2D eigenvalue weighted by molar-refractivity contribution is 6.88. The van der Waals surface area contributed by atoms with Crippen molar-refractivity contribution in [2.45, 2.75) is 40.4 Å². The van der Waals surface area contributed by atoms with Crippen LogP contribution in [0.4, 0.5) is 0 Å². The molecule has 5 rings (SSSR count). The zero-order chi connectivity index (χ0) is 23.3. The standard InChI is InChI=1S/C30H30N2Si/c1-19-15-20(2)17-23(16-19)30-28-18-32-29-21(3)25(11-12-27(29)26(28)13-14-31-30)22-7-9-24(10-8-22)33(4,5)6/h7-18H,1-6H3. The van der Waals surface area contributed by atoms with E-state index in [1.165, 1.54) is 43.8 Å². The van der Waals surface area contributed by atoms with Gasteiger partial charge in [0.15, 0.2) is 0 Å². The molecule has 0 unspecified atom stereocenters. The van der Waals surface area contributed by atoms with Gasteiger partial charge in [-0.05, 0) is 61.0 Å². The average molecular weight is 447 g/mol. The predicted molar refractivity (Wildman–Crippen MR) is 145 cm³/mol. The molecule has 0 fully saturated rings. The quantitative estimate of drug-likeness (QED) is 0.211. The van der Waals surface area contributed by atoms with Crippen LogP contribution in [0.5, 0.6) is 0 Å². The van der Waals surface area contributed by atoms with Crippen LogP contribution in [0.3, 0.4) is 0 Å². The van der Waals surface area contributed by atoms with Crippen LogP contribution in [-0.4, -0.2) is 18.0 Å². The summed E-state index contributed by atoms with van der Waals surface area (Å²) in [5.41, 5.74) is 9.43. The Kier molecular flexibility index (Phi) is 5.17. The summed E-state index contributed by atoms with van der Waals surface area (Å²) in [4.78, 5) is 9.69. The summed E-state index contributed by atoms with van der Waals surface area (Å²) in [6, 6.07) is 22.4. The van der Waals surface area contributed by atoms with E-state index in [1.807, 2.05) is 12.4 Å². The SMILES string of the molecule is Cc1cc(C)cc(-c2nccc3c2cnc2c(C)c(-c4ccc([Si](C)(C)C)cc4)ccc23)c1. The number of aryl methyl sites for hydroxylation is 3. The van der Waals surface area contributed by atoms with Crippen molar-refractivity contribution in [2.24, 2.45) is 0 Å². The molecule has 0 spiro atoms. The van der Waals surface area contributed by atoms with Crippen LogP contribution in [-0.2, 0) is 0 Å². The van der Waals surface area contributed by atoms with Crippen LogP contribution in [0, 0.1) is 20.8 Å². The van der Waals surface area contributed by atoms with Crippen LogP contribution in [0.25, 0.3) is 44.1 Å². The molecule has 0 radical (unpaired) electrons. The summed E-state index contributed by atoms with van der Waals surface area (Å²) in [6.45, 7) is 13.6. The fourth-order valence-corrected chi connectivity index (χ4v) is 6.02. The average Bonchev–Trinajstić information content (AvgIpc) is 2.77. The van der Waals surface area contributed by atoms with Gasteiger partial charge in [-0.25, -0.2) is 0 Å². The number of hydrogen-bond acceptors (Lipinski definition) is 2. The first-order valence-electron chi connectivity index (χ1n) is 11.6. The van der Waals surface area contributed by atoms with Crippen LogP contribution in [0.2, 0.25) is 19.6 Å². The van der Waals surface area contributed by atoms with E-state index < -0.39 is 8.07 Å². The van der Waals surface area contributed by atoms with Crippen molar-refractivity contribution in [3.05, 3.63) is 89.7 Å². The van der Waals surface area contributed by atoms with Gasteiger partial charge in [-0.1, -0.05) is 78.4 Å². The maximum absolute atomic E-state index is 4.95. The van der Waals surface area contributed by atoms with Gasteiger partial charge in [0.05, 0.1) is 19.3 Å². The van der Waals surface area contributed by atoms with Gasteiger partial charge < -0.3 is 0 Å². The largest absolute Gasteiger partial charge is 0.256 e. The summed E-state index contributed by atoms with van der Waals surface area (Å²) >= 11 is 0. The van der Waals surface area contributed by atoms with Crippen LogP contribution < -0.4 is 5.19 Å². The van der Waals surface area contributed by atoms with Crippen molar-refractivity contribution in [1.29, 1.82) is 0 Å². The van der Waals surface area contributed by atoms with E-state index in [0.29, 0.717) is 0 Å². The minimum Gasteiger partial charge on any atom is -0.256 e. The van der Waals surface area contributed by atoms with Crippen LogP contribution in [0.1, 0.15) is 16.7 Å². The Labute approximate surface area is 197 Å². The Morgan fingerprint density at radius 2 is 1.33 bits per heavy atom. The smallest absolute Gasteiger partial charge is 0.0796 e. The lowest BCUT2D eigenvalue weighted by molar-refractivity contribution is 1.31. The summed E-state index contributed by atoms with van der Waals surface area (Å²) in [5.74, 6) is 0. The van der Waals surface area contributed by atoms with E-state index in [2.05, 4.69) is 101 Å². The monoisotopic (exact) mass is 446 g/mol. The molecule has 0 saturated heterocycles. The lowest BCUT2D eigenvalue weighted by atomic mass is 9.95. The van der Waals surface area contributed by atoms with E-state index >= 15 is 0 Å². The Balaban J connectivity index is 1.67. The van der Waals surface area contributed by atoms with Gasteiger partial charge in [-0.15, -0.1) is 0 Å². The van der Waals surface area contributed by atoms with Crippen molar-refractivity contribution in [1.82, 2.24) is 9.97 Å². The third-order valence-electron chi connectivity index (χ3n) is 6.59. The van der Waals surface area contributed by atoms with Gasteiger partial charge in [0.25, 0.3) is 0 Å². The second-order valence-electron chi connectivity index (χ2n) is 10.2. The van der Waals surface area contributed by atoms with E-state index in [1.54, 1.807) is 0 Å². The number of pyridine rings is 2. The third-order valence-corrected chi connectivity index (χ3v) is 8.66. The van der Waals surface area contributed by atoms with Gasteiger partial charge in [0.2, 0.25) is 0 Å². The molecule has 33 heavy (non-hydrogen) atoms. The summed E-state index contributed by atoms with van der Waals surface area (Å²) in [7, 11) is -1.30. The molecule has 0 saturated carbocycles. The molecule has 3 heteroatoms. The maximum Gasteiger partial charge on any atom is 0.0796 e. The van der Waals surface area contributed by atoms with Gasteiger partial charge >= 0.3 is 0 Å². The number of nitrogens with zero attached hydrogens (tertiary/aromatic N) is 2. The molecule has 2 heterocycles. The normalized spacial score (nSPS) is 11.9. The fraction of sp³-hybridized carbons (Fsp3) is 0.200. The lowest BCUT2D eigenvalue weighted by Gasteiger charge is -2.17. The zero-order valence-corrected chi connectivity index (χ0v) is 21.3. The number of hydrogen-bond donors (Lipinski definition) is 0. The number of fused-ring (bicyclic) bond motifs is 3. The van der Waals surface area contributed by atoms with Gasteiger partial charge in [-0.2, -0.15) is 0 Å². The van der Waals surface area contributed by atoms with E-state index in [-0.39, 0.29) is 0 Å². The molecule has 0 N–H and O–H groups in total. The Hall–Kier alpha value is -3.30. The molecular formula is C30H30N2Si. The maximum atomic E-state index is 4.95. The molecule has 0 amide bonds. The molecule has 0 bridgehead atoms. The molecule has 2 aromatic heterocycles. The highest BCUT2D eigenvalue weighted by atomic mass is 28.3. The van der Waals surface area contributed by atoms with Crippen molar-refractivity contribution in [2.75, 3.05) is 0 Å². The first kappa shape index (κ1) is 21.5.